The zero-order valence-corrected chi connectivity index (χ0v) is 19.3. The van der Waals surface area contributed by atoms with E-state index in [1.54, 1.807) is 0 Å². The first-order valence-corrected chi connectivity index (χ1v) is 11.6. The Morgan fingerprint density at radius 1 is 1.00 bits per heavy atom. The van der Waals surface area contributed by atoms with Crippen LogP contribution < -0.4 is 9.80 Å². The fraction of sp³-hybridized carbons (Fsp3) is 0.400. The molecule has 0 amide bonds. The number of pyridine rings is 1. The highest BCUT2D eigenvalue weighted by Gasteiger charge is 2.23. The maximum Gasteiger partial charge on any atom is 0.225 e. The number of aryl methyl sites for hydroxylation is 2. The molecule has 2 aliphatic heterocycles. The lowest BCUT2D eigenvalue weighted by molar-refractivity contribution is 0.145. The molecular weight excluding hydrogens is 422 g/mol. The molecule has 32 heavy (non-hydrogen) atoms. The maximum atomic E-state index is 9.75. The zero-order chi connectivity index (χ0) is 22.2. The summed E-state index contributed by atoms with van der Waals surface area (Å²) in [4.78, 5) is 18.7. The third-order valence-corrected chi connectivity index (χ3v) is 6.78. The Bertz CT molecular complexity index is 1140. The molecule has 0 aliphatic carbocycles. The Morgan fingerprint density at radius 3 is 2.59 bits per heavy atom. The lowest BCUT2D eigenvalue weighted by Crippen LogP contribution is -2.37. The number of aliphatic hydroxyl groups is 1. The zero-order valence-electron chi connectivity index (χ0n) is 18.6. The van der Waals surface area contributed by atoms with E-state index in [4.69, 9.17) is 16.6 Å². The molecule has 1 fully saturated rings. The maximum absolute atomic E-state index is 9.75. The molecule has 0 saturated carbocycles. The van der Waals surface area contributed by atoms with Crippen molar-refractivity contribution in [3.63, 3.8) is 0 Å². The van der Waals surface area contributed by atoms with Gasteiger partial charge in [-0.25, -0.2) is 9.97 Å². The minimum Gasteiger partial charge on any atom is -0.393 e. The van der Waals surface area contributed by atoms with Crippen LogP contribution in [0.5, 0.6) is 0 Å². The topological polar surface area (TPSA) is 65.4 Å². The van der Waals surface area contributed by atoms with Gasteiger partial charge in [-0.1, -0.05) is 17.7 Å². The molecule has 1 aromatic carbocycles. The van der Waals surface area contributed by atoms with E-state index in [1.165, 1.54) is 0 Å². The highest BCUT2D eigenvalue weighted by molar-refractivity contribution is 6.33. The first kappa shape index (κ1) is 21.2. The average Bonchev–Trinajstić information content (AvgIpc) is 2.80. The summed E-state index contributed by atoms with van der Waals surface area (Å²) >= 11 is 6.56. The number of nitrogens with zero attached hydrogens (tertiary/aromatic N) is 5. The van der Waals surface area contributed by atoms with Crippen LogP contribution >= 0.6 is 11.6 Å². The Kier molecular flexibility index (Phi) is 5.74. The van der Waals surface area contributed by atoms with Crippen molar-refractivity contribution in [1.29, 1.82) is 0 Å². The number of hydrogen-bond acceptors (Lipinski definition) is 6. The first-order valence-electron chi connectivity index (χ1n) is 11.2. The number of aliphatic hydroxyl groups excluding tert-OH is 1. The second kappa shape index (κ2) is 8.68. The molecule has 7 heteroatoms. The monoisotopic (exact) mass is 449 g/mol. The molecule has 4 heterocycles. The van der Waals surface area contributed by atoms with E-state index in [1.807, 2.05) is 18.5 Å². The van der Waals surface area contributed by atoms with Crippen molar-refractivity contribution in [3.05, 3.63) is 64.1 Å². The Balaban J connectivity index is 1.38. The molecule has 2 aromatic heterocycles. The third kappa shape index (κ3) is 4.17. The van der Waals surface area contributed by atoms with Crippen LogP contribution in [0.2, 0.25) is 5.02 Å². The van der Waals surface area contributed by atoms with Gasteiger partial charge >= 0.3 is 0 Å². The predicted molar refractivity (Wildman–Crippen MR) is 128 cm³/mol. The summed E-state index contributed by atoms with van der Waals surface area (Å²) in [5.41, 5.74) is 7.59. The van der Waals surface area contributed by atoms with Crippen LogP contribution in [0.3, 0.4) is 0 Å². The molecule has 2 aliphatic rings. The molecule has 0 atom stereocenters. The van der Waals surface area contributed by atoms with Gasteiger partial charge in [0.15, 0.2) is 0 Å². The second-order valence-electron chi connectivity index (χ2n) is 8.87. The first-order chi connectivity index (χ1) is 15.5. The summed E-state index contributed by atoms with van der Waals surface area (Å²) in [5, 5.41) is 10.5. The largest absolute Gasteiger partial charge is 0.393 e. The highest BCUT2D eigenvalue weighted by atomic mass is 35.5. The van der Waals surface area contributed by atoms with E-state index >= 15 is 0 Å². The van der Waals surface area contributed by atoms with Crippen molar-refractivity contribution in [2.24, 2.45) is 0 Å². The second-order valence-corrected chi connectivity index (χ2v) is 9.28. The van der Waals surface area contributed by atoms with Crippen LogP contribution in [0.1, 0.15) is 35.2 Å². The number of benzene rings is 1. The van der Waals surface area contributed by atoms with E-state index in [2.05, 4.69) is 51.8 Å². The SMILES string of the molecule is Cc1cnc(-c2cc(N3CCc4nc(N5CCC(O)CC5)ncc4C3)ccc2Cl)c(C)c1. The summed E-state index contributed by atoms with van der Waals surface area (Å²) in [5.74, 6) is 0.791. The van der Waals surface area contributed by atoms with E-state index in [0.29, 0.717) is 5.02 Å². The van der Waals surface area contributed by atoms with Crippen molar-refractivity contribution in [3.8, 4) is 11.3 Å². The lowest BCUT2D eigenvalue weighted by Gasteiger charge is -2.33. The molecule has 0 unspecified atom stereocenters. The number of aromatic nitrogens is 3. The van der Waals surface area contributed by atoms with Gasteiger partial charge in [-0.05, 0) is 56.0 Å². The Hall–Kier alpha value is -2.70. The Morgan fingerprint density at radius 2 is 1.81 bits per heavy atom. The number of halogens is 1. The predicted octanol–water partition coefficient (Wildman–Crippen LogP) is 4.33. The number of fused-ring (bicyclic) bond motifs is 1. The van der Waals surface area contributed by atoms with Crippen LogP contribution in [0, 0.1) is 13.8 Å². The van der Waals surface area contributed by atoms with E-state index in [-0.39, 0.29) is 6.10 Å². The fourth-order valence-electron chi connectivity index (χ4n) is 4.63. The van der Waals surface area contributed by atoms with E-state index in [9.17, 15) is 5.11 Å². The lowest BCUT2D eigenvalue weighted by atomic mass is 10.0. The van der Waals surface area contributed by atoms with Gasteiger partial charge in [-0.15, -0.1) is 0 Å². The van der Waals surface area contributed by atoms with Crippen molar-refractivity contribution < 1.29 is 5.11 Å². The fourth-order valence-corrected chi connectivity index (χ4v) is 4.84. The summed E-state index contributed by atoms with van der Waals surface area (Å²) < 4.78 is 0. The Labute approximate surface area is 193 Å². The van der Waals surface area contributed by atoms with Crippen LogP contribution in [-0.2, 0) is 13.0 Å². The number of anilines is 2. The van der Waals surface area contributed by atoms with E-state index < -0.39 is 0 Å². The number of rotatable bonds is 3. The molecule has 1 N–H and O–H groups in total. The summed E-state index contributed by atoms with van der Waals surface area (Å²) in [6.07, 6.45) is 6.10. The minimum atomic E-state index is -0.194. The molecule has 166 valence electrons. The highest BCUT2D eigenvalue weighted by Crippen LogP contribution is 2.34. The van der Waals surface area contributed by atoms with Gasteiger partial charge in [-0.3, -0.25) is 4.98 Å². The van der Waals surface area contributed by atoms with Crippen molar-refractivity contribution in [2.45, 2.75) is 45.8 Å². The van der Waals surface area contributed by atoms with Gasteiger partial charge < -0.3 is 14.9 Å². The van der Waals surface area contributed by atoms with Gasteiger partial charge in [0.05, 0.1) is 22.5 Å². The normalized spacial score (nSPS) is 16.9. The summed E-state index contributed by atoms with van der Waals surface area (Å²) in [6, 6.07) is 8.33. The van der Waals surface area contributed by atoms with Crippen molar-refractivity contribution >= 4 is 23.2 Å². The summed E-state index contributed by atoms with van der Waals surface area (Å²) in [7, 11) is 0. The molecule has 1 saturated heterocycles. The van der Waals surface area contributed by atoms with Crippen LogP contribution in [0.4, 0.5) is 11.6 Å². The van der Waals surface area contributed by atoms with Crippen LogP contribution in [0.15, 0.2) is 36.7 Å². The van der Waals surface area contributed by atoms with E-state index in [0.717, 1.165) is 90.7 Å². The molecule has 0 radical (unpaired) electrons. The molecule has 3 aromatic rings. The standard InChI is InChI=1S/C25H28ClN5O/c1-16-11-17(2)24(27-13-16)21-12-19(3-4-22(21)26)31-10-7-23-18(15-31)14-28-25(29-23)30-8-5-20(32)6-9-30/h3-4,11-14,20,32H,5-10,15H2,1-2H3. The molecule has 6 nitrogen and oxygen atoms in total. The van der Waals surface area contributed by atoms with Crippen molar-refractivity contribution in [2.75, 3.05) is 29.4 Å². The third-order valence-electron chi connectivity index (χ3n) is 6.45. The quantitative estimate of drug-likeness (QED) is 0.642. The van der Waals surface area contributed by atoms with Gasteiger partial charge in [0.2, 0.25) is 5.95 Å². The van der Waals surface area contributed by atoms with Crippen LogP contribution in [0.25, 0.3) is 11.3 Å². The van der Waals surface area contributed by atoms with Gasteiger partial charge in [0.1, 0.15) is 0 Å². The van der Waals surface area contributed by atoms with Crippen molar-refractivity contribution in [1.82, 2.24) is 15.0 Å². The summed E-state index contributed by atoms with van der Waals surface area (Å²) in [6.45, 7) is 7.42. The van der Waals surface area contributed by atoms with Crippen LogP contribution in [-0.4, -0.2) is 45.8 Å². The molecular formula is C25H28ClN5O. The number of hydrogen-bond donors (Lipinski definition) is 1. The smallest absolute Gasteiger partial charge is 0.225 e. The van der Waals surface area contributed by atoms with Gasteiger partial charge in [0, 0.05) is 61.8 Å². The molecule has 0 bridgehead atoms. The molecule has 0 spiro atoms. The number of piperidine rings is 1. The molecule has 5 rings (SSSR count). The average molecular weight is 450 g/mol. The van der Waals surface area contributed by atoms with Gasteiger partial charge in [0.25, 0.3) is 0 Å². The van der Waals surface area contributed by atoms with Gasteiger partial charge in [-0.2, -0.15) is 0 Å². The minimum absolute atomic E-state index is 0.194.